The fourth-order valence-electron chi connectivity index (χ4n) is 6.86. The quantitative estimate of drug-likeness (QED) is 0.216. The molecule has 0 spiro atoms. The standard InChI is InChI=1S/C36H32N4OSi/c1-36(2,3)23-18-19-37-32(21-23)39-27-12-7-6-10-25(27)26-17-16-22(20-29(26)39)24-11-8-13-28-34(24)38-35-33-30(41)14-9-15-31(33)42(4,5)40(28)35/h6-21,41H,1-5H3. The Morgan fingerprint density at radius 2 is 1.52 bits per heavy atom. The number of fused-ring (bicyclic) bond motifs is 8. The average Bonchev–Trinajstić information content (AvgIpc) is 3.59. The van der Waals surface area contributed by atoms with E-state index in [2.05, 4.69) is 122 Å². The SMILES string of the molecule is CC(C)(C)c1ccnc(-n2c3ccccc3c3ccc(-c4cccc5c4nc4n5[Si](C)(C)c5cccc(O)c5-4)cc32)c1. The van der Waals surface area contributed by atoms with Crippen molar-refractivity contribution in [3.05, 3.63) is 103 Å². The molecule has 42 heavy (non-hydrogen) atoms. The van der Waals surface area contributed by atoms with Crippen LogP contribution in [0.3, 0.4) is 0 Å². The second-order valence-corrected chi connectivity index (χ2v) is 17.0. The Morgan fingerprint density at radius 1 is 0.762 bits per heavy atom. The molecule has 3 aromatic heterocycles. The molecule has 0 radical (unpaired) electrons. The highest BCUT2D eigenvalue weighted by atomic mass is 28.3. The minimum Gasteiger partial charge on any atom is -0.507 e. The molecule has 1 aliphatic rings. The summed E-state index contributed by atoms with van der Waals surface area (Å²) in [5.74, 6) is 2.10. The summed E-state index contributed by atoms with van der Waals surface area (Å²) < 4.78 is 4.70. The Morgan fingerprint density at radius 3 is 2.36 bits per heavy atom. The first-order chi connectivity index (χ1) is 20.1. The van der Waals surface area contributed by atoms with Gasteiger partial charge in [-0.3, -0.25) is 4.57 Å². The van der Waals surface area contributed by atoms with Gasteiger partial charge in [0, 0.05) is 22.5 Å². The van der Waals surface area contributed by atoms with E-state index in [1.807, 2.05) is 12.3 Å². The van der Waals surface area contributed by atoms with Gasteiger partial charge in [-0.15, -0.1) is 0 Å². The topological polar surface area (TPSA) is 55.9 Å². The largest absolute Gasteiger partial charge is 0.507 e. The zero-order valence-electron chi connectivity index (χ0n) is 24.5. The summed E-state index contributed by atoms with van der Waals surface area (Å²) in [5, 5.41) is 14.5. The van der Waals surface area contributed by atoms with Crippen LogP contribution in [0.1, 0.15) is 26.3 Å². The normalized spacial score (nSPS) is 14.1. The first-order valence-corrected chi connectivity index (χ1v) is 17.4. The molecular weight excluding hydrogens is 533 g/mol. The molecule has 1 aliphatic heterocycles. The van der Waals surface area contributed by atoms with Crippen LogP contribution < -0.4 is 5.19 Å². The molecular formula is C36H32N4OSi. The molecule has 0 bridgehead atoms. The summed E-state index contributed by atoms with van der Waals surface area (Å²) in [7, 11) is -2.11. The van der Waals surface area contributed by atoms with Gasteiger partial charge in [-0.1, -0.05) is 75.4 Å². The van der Waals surface area contributed by atoms with Crippen LogP contribution in [0.5, 0.6) is 5.75 Å². The van der Waals surface area contributed by atoms with Crippen LogP contribution >= 0.6 is 0 Å². The number of benzene rings is 4. The molecule has 0 amide bonds. The van der Waals surface area contributed by atoms with Gasteiger partial charge in [0.2, 0.25) is 0 Å². The van der Waals surface area contributed by atoms with Crippen molar-refractivity contribution in [3.63, 3.8) is 0 Å². The van der Waals surface area contributed by atoms with Crippen LogP contribution in [0.25, 0.3) is 61.2 Å². The van der Waals surface area contributed by atoms with Crippen molar-refractivity contribution in [3.8, 4) is 34.1 Å². The monoisotopic (exact) mass is 564 g/mol. The van der Waals surface area contributed by atoms with Crippen LogP contribution in [0, 0.1) is 0 Å². The summed E-state index contributed by atoms with van der Waals surface area (Å²) in [5.41, 5.74) is 8.70. The van der Waals surface area contributed by atoms with Crippen LogP contribution in [-0.2, 0) is 5.41 Å². The number of pyridine rings is 1. The molecule has 7 aromatic rings. The summed E-state index contributed by atoms with van der Waals surface area (Å²) in [6, 6.07) is 32.0. The van der Waals surface area contributed by atoms with E-state index in [4.69, 9.17) is 9.97 Å². The molecule has 8 rings (SSSR count). The van der Waals surface area contributed by atoms with Crippen LogP contribution in [-0.4, -0.2) is 32.1 Å². The molecule has 6 heteroatoms. The molecule has 0 saturated carbocycles. The molecule has 206 valence electrons. The molecule has 1 N–H and O–H groups in total. The Hall–Kier alpha value is -4.68. The number of phenolic OH excluding ortho intramolecular Hbond substituents is 1. The molecule has 0 atom stereocenters. The third kappa shape index (κ3) is 3.36. The Kier molecular flexibility index (Phi) is 5.03. The number of phenols is 1. The molecule has 0 saturated heterocycles. The van der Waals surface area contributed by atoms with Crippen LogP contribution in [0.4, 0.5) is 0 Å². The second-order valence-electron chi connectivity index (χ2n) is 12.9. The lowest BCUT2D eigenvalue weighted by atomic mass is 9.88. The van der Waals surface area contributed by atoms with E-state index in [-0.39, 0.29) is 5.41 Å². The van der Waals surface area contributed by atoms with Crippen LogP contribution in [0.2, 0.25) is 13.1 Å². The van der Waals surface area contributed by atoms with Crippen molar-refractivity contribution < 1.29 is 5.11 Å². The maximum Gasteiger partial charge on any atom is 0.190 e. The van der Waals surface area contributed by atoms with E-state index in [0.29, 0.717) is 5.75 Å². The number of hydrogen-bond donors (Lipinski definition) is 1. The highest BCUT2D eigenvalue weighted by Crippen LogP contribution is 2.42. The van der Waals surface area contributed by atoms with Gasteiger partial charge >= 0.3 is 0 Å². The molecule has 5 nitrogen and oxygen atoms in total. The molecule has 4 aromatic carbocycles. The fourth-order valence-corrected chi connectivity index (χ4v) is 9.93. The van der Waals surface area contributed by atoms with Crippen molar-refractivity contribution in [2.24, 2.45) is 0 Å². The summed E-state index contributed by atoms with van der Waals surface area (Å²) in [4.78, 5) is 10.1. The predicted octanol–water partition coefficient (Wildman–Crippen LogP) is 8.14. The number of imidazole rings is 1. The smallest absolute Gasteiger partial charge is 0.190 e. The maximum atomic E-state index is 10.9. The van der Waals surface area contributed by atoms with Crippen molar-refractivity contribution in [1.29, 1.82) is 0 Å². The Labute approximate surface area is 245 Å². The van der Waals surface area contributed by atoms with Gasteiger partial charge in [0.25, 0.3) is 0 Å². The predicted molar refractivity (Wildman–Crippen MR) is 176 cm³/mol. The maximum absolute atomic E-state index is 10.9. The first kappa shape index (κ1) is 25.1. The number of aromatic hydroxyl groups is 1. The van der Waals surface area contributed by atoms with Crippen molar-refractivity contribution in [2.75, 3.05) is 0 Å². The van der Waals surface area contributed by atoms with E-state index in [9.17, 15) is 5.11 Å². The van der Waals surface area contributed by atoms with E-state index in [0.717, 1.165) is 50.4 Å². The second kappa shape index (κ2) is 8.43. The number of nitrogens with zero attached hydrogens (tertiary/aromatic N) is 4. The number of aromatic nitrogens is 4. The summed E-state index contributed by atoms with van der Waals surface area (Å²) >= 11 is 0. The molecule has 0 unspecified atom stereocenters. The summed E-state index contributed by atoms with van der Waals surface area (Å²) in [6.45, 7) is 11.4. The van der Waals surface area contributed by atoms with E-state index in [1.54, 1.807) is 6.07 Å². The van der Waals surface area contributed by atoms with Crippen LogP contribution in [0.15, 0.2) is 97.2 Å². The first-order valence-electron chi connectivity index (χ1n) is 14.5. The highest BCUT2D eigenvalue weighted by Gasteiger charge is 2.41. The van der Waals surface area contributed by atoms with E-state index < -0.39 is 8.24 Å². The number of para-hydroxylation sites is 2. The van der Waals surface area contributed by atoms with Gasteiger partial charge in [0.15, 0.2) is 8.24 Å². The minimum atomic E-state index is -2.11. The number of hydrogen-bond acceptors (Lipinski definition) is 3. The number of rotatable bonds is 2. The van der Waals surface area contributed by atoms with Crippen molar-refractivity contribution in [2.45, 2.75) is 39.3 Å². The van der Waals surface area contributed by atoms with E-state index in [1.165, 1.54) is 21.5 Å². The minimum absolute atomic E-state index is 0.0168. The third-order valence-corrected chi connectivity index (χ3v) is 12.3. The lowest BCUT2D eigenvalue weighted by Gasteiger charge is -2.21. The van der Waals surface area contributed by atoms with Crippen molar-refractivity contribution in [1.82, 2.24) is 18.8 Å². The van der Waals surface area contributed by atoms with Gasteiger partial charge in [-0.05, 0) is 71.2 Å². The van der Waals surface area contributed by atoms with Gasteiger partial charge < -0.3 is 9.34 Å². The van der Waals surface area contributed by atoms with E-state index >= 15 is 0 Å². The zero-order valence-corrected chi connectivity index (χ0v) is 25.5. The lowest BCUT2D eigenvalue weighted by Crippen LogP contribution is -2.45. The average molecular weight is 565 g/mol. The van der Waals surface area contributed by atoms with Gasteiger partial charge in [0.05, 0.1) is 27.6 Å². The molecule has 0 aliphatic carbocycles. The molecule has 0 fully saturated rings. The summed E-state index contributed by atoms with van der Waals surface area (Å²) in [6.07, 6.45) is 1.92. The zero-order chi connectivity index (χ0) is 29.0. The van der Waals surface area contributed by atoms with Gasteiger partial charge in [-0.2, -0.15) is 0 Å². The Balaban J connectivity index is 1.39. The van der Waals surface area contributed by atoms with Gasteiger partial charge in [0.1, 0.15) is 17.4 Å². The lowest BCUT2D eigenvalue weighted by molar-refractivity contribution is 0.477. The highest BCUT2D eigenvalue weighted by molar-refractivity contribution is 6.91. The fraction of sp³-hybridized carbons (Fsp3) is 0.167. The third-order valence-electron chi connectivity index (χ3n) is 8.99. The Bertz CT molecular complexity index is 2230. The van der Waals surface area contributed by atoms with Gasteiger partial charge in [-0.25, -0.2) is 9.97 Å². The molecule has 4 heterocycles. The van der Waals surface area contributed by atoms with Crippen molar-refractivity contribution >= 4 is 46.3 Å².